The van der Waals surface area contributed by atoms with Gasteiger partial charge in [0.1, 0.15) is 4.32 Å². The Hall–Kier alpha value is -1.37. The molecule has 0 atom stereocenters. The lowest BCUT2D eigenvalue weighted by Crippen LogP contribution is -2.29. The monoisotopic (exact) mass is 368 g/mol. The van der Waals surface area contributed by atoms with Crippen LogP contribution >= 0.6 is 35.6 Å². The van der Waals surface area contributed by atoms with Crippen LogP contribution in [0.25, 0.3) is 6.08 Å². The van der Waals surface area contributed by atoms with Crippen LogP contribution < -0.4 is 5.11 Å². The maximum absolute atomic E-state index is 12.4. The highest BCUT2D eigenvalue weighted by atomic mass is 35.5. The lowest BCUT2D eigenvalue weighted by molar-refractivity contribution is -0.305. The minimum atomic E-state index is -1.04. The number of amides is 1. The van der Waals surface area contributed by atoms with Gasteiger partial charge in [0.05, 0.1) is 4.91 Å². The fourth-order valence-corrected chi connectivity index (χ4v) is 3.55. The molecule has 0 saturated carbocycles. The molecule has 0 aliphatic carbocycles. The second-order valence-electron chi connectivity index (χ2n) is 5.07. The molecule has 1 fully saturated rings. The number of halogens is 1. The van der Waals surface area contributed by atoms with Gasteiger partial charge in [0.25, 0.3) is 5.91 Å². The van der Waals surface area contributed by atoms with E-state index < -0.39 is 5.97 Å². The first-order valence-corrected chi connectivity index (χ1v) is 8.78. The summed E-state index contributed by atoms with van der Waals surface area (Å²) < 4.78 is 0.537. The number of thioether (sulfide) groups is 1. The summed E-state index contributed by atoms with van der Waals surface area (Å²) in [6, 6.07) is 7.22. The van der Waals surface area contributed by atoms with Crippen molar-refractivity contribution in [2.75, 3.05) is 6.54 Å². The Balaban J connectivity index is 1.91. The molecule has 1 aliphatic heterocycles. The normalized spacial score (nSPS) is 16.4. The van der Waals surface area contributed by atoms with Gasteiger partial charge in [-0.15, -0.1) is 0 Å². The van der Waals surface area contributed by atoms with Crippen molar-refractivity contribution in [2.45, 2.75) is 25.7 Å². The third-order valence-electron chi connectivity index (χ3n) is 3.30. The van der Waals surface area contributed by atoms with E-state index in [9.17, 15) is 14.7 Å². The molecule has 0 unspecified atom stereocenters. The Kier molecular flexibility index (Phi) is 6.62. The number of thiocarbonyl (C=S) groups is 1. The molecule has 7 heteroatoms. The molecule has 0 spiro atoms. The van der Waals surface area contributed by atoms with E-state index >= 15 is 0 Å². The molecule has 4 nitrogen and oxygen atoms in total. The van der Waals surface area contributed by atoms with E-state index in [-0.39, 0.29) is 12.3 Å². The maximum Gasteiger partial charge on any atom is 0.266 e. The van der Waals surface area contributed by atoms with Crippen LogP contribution in [0.3, 0.4) is 0 Å². The second-order valence-corrected chi connectivity index (χ2v) is 7.18. The Morgan fingerprint density at radius 2 is 1.96 bits per heavy atom. The number of carbonyl (C=O) groups excluding carboxylic acids is 2. The van der Waals surface area contributed by atoms with Crippen molar-refractivity contribution in [1.29, 1.82) is 0 Å². The minimum Gasteiger partial charge on any atom is -0.550 e. The van der Waals surface area contributed by atoms with Crippen LogP contribution in [-0.4, -0.2) is 27.6 Å². The number of hydrogen-bond donors (Lipinski definition) is 0. The van der Waals surface area contributed by atoms with Gasteiger partial charge in [-0.1, -0.05) is 54.1 Å². The summed E-state index contributed by atoms with van der Waals surface area (Å²) in [5.41, 5.74) is 0.892. The van der Waals surface area contributed by atoms with Gasteiger partial charge in [-0.2, -0.15) is 0 Å². The number of nitrogens with zero attached hydrogens (tertiary/aromatic N) is 1. The van der Waals surface area contributed by atoms with Gasteiger partial charge in [-0.25, -0.2) is 0 Å². The number of aliphatic carboxylic acids is 1. The molecule has 0 radical (unpaired) electrons. The average molecular weight is 369 g/mol. The molecule has 1 aromatic carbocycles. The van der Waals surface area contributed by atoms with Crippen molar-refractivity contribution >= 4 is 57.9 Å². The highest BCUT2D eigenvalue weighted by molar-refractivity contribution is 8.26. The summed E-state index contributed by atoms with van der Waals surface area (Å²) in [4.78, 5) is 24.9. The summed E-state index contributed by atoms with van der Waals surface area (Å²) in [7, 11) is 0. The quantitative estimate of drug-likeness (QED) is 0.420. The van der Waals surface area contributed by atoms with Gasteiger partial charge in [0.15, 0.2) is 0 Å². The van der Waals surface area contributed by atoms with Gasteiger partial charge in [0, 0.05) is 17.5 Å². The Bertz CT molecular complexity index is 643. The van der Waals surface area contributed by atoms with Crippen molar-refractivity contribution < 1.29 is 14.7 Å². The zero-order valence-corrected chi connectivity index (χ0v) is 14.7. The van der Waals surface area contributed by atoms with Crippen molar-refractivity contribution in [1.82, 2.24) is 4.90 Å². The predicted octanol–water partition coefficient (Wildman–Crippen LogP) is 2.85. The smallest absolute Gasteiger partial charge is 0.266 e. The summed E-state index contributed by atoms with van der Waals surface area (Å²) in [6.45, 7) is 0.510. The molecule has 1 aliphatic rings. The number of unbranched alkanes of at least 4 members (excludes halogenated alkanes) is 2. The molecule has 0 N–H and O–H groups in total. The van der Waals surface area contributed by atoms with Crippen LogP contribution in [-0.2, 0) is 9.59 Å². The van der Waals surface area contributed by atoms with E-state index in [2.05, 4.69) is 0 Å². The lowest BCUT2D eigenvalue weighted by Gasteiger charge is -2.14. The van der Waals surface area contributed by atoms with Gasteiger partial charge < -0.3 is 9.90 Å². The summed E-state index contributed by atoms with van der Waals surface area (Å²) >= 11 is 12.4. The Morgan fingerprint density at radius 1 is 1.26 bits per heavy atom. The van der Waals surface area contributed by atoms with E-state index in [0.717, 1.165) is 12.0 Å². The first-order valence-electron chi connectivity index (χ1n) is 7.18. The maximum atomic E-state index is 12.4. The molecule has 1 heterocycles. The zero-order valence-electron chi connectivity index (χ0n) is 12.3. The van der Waals surface area contributed by atoms with Crippen LogP contribution in [0.5, 0.6) is 0 Å². The van der Waals surface area contributed by atoms with Crippen LogP contribution in [0.2, 0.25) is 5.02 Å². The number of hydrogen-bond acceptors (Lipinski definition) is 5. The van der Waals surface area contributed by atoms with E-state index in [1.807, 2.05) is 12.1 Å². The highest BCUT2D eigenvalue weighted by Crippen LogP contribution is 2.32. The van der Waals surface area contributed by atoms with Gasteiger partial charge in [-0.3, -0.25) is 9.69 Å². The van der Waals surface area contributed by atoms with Crippen molar-refractivity contribution in [3.63, 3.8) is 0 Å². The van der Waals surface area contributed by atoms with Gasteiger partial charge in [0.2, 0.25) is 0 Å². The standard InChI is InChI=1S/C16H16ClNO3S2/c17-12-7-5-11(6-8-12)10-13-15(21)18(16(22)23-13)9-3-1-2-4-14(19)20/h5-8,10H,1-4,9H2,(H,19,20)/p-1. The van der Waals surface area contributed by atoms with Crippen LogP contribution in [0.4, 0.5) is 0 Å². The van der Waals surface area contributed by atoms with E-state index in [4.69, 9.17) is 23.8 Å². The third kappa shape index (κ3) is 5.34. The molecule has 0 bridgehead atoms. The zero-order chi connectivity index (χ0) is 16.8. The first-order chi connectivity index (χ1) is 11.0. The highest BCUT2D eigenvalue weighted by Gasteiger charge is 2.31. The molecular weight excluding hydrogens is 354 g/mol. The number of carboxylic acids is 1. The second kappa shape index (κ2) is 8.47. The largest absolute Gasteiger partial charge is 0.550 e. The molecule has 1 amide bonds. The van der Waals surface area contributed by atoms with Crippen LogP contribution in [0.15, 0.2) is 29.2 Å². The number of benzene rings is 1. The predicted molar refractivity (Wildman–Crippen MR) is 94.8 cm³/mol. The summed E-state index contributed by atoms with van der Waals surface area (Å²) in [5, 5.41) is 11.0. The van der Waals surface area contributed by atoms with Crippen LogP contribution in [0, 0.1) is 0 Å². The molecule has 1 saturated heterocycles. The van der Waals surface area contributed by atoms with Crippen molar-refractivity contribution in [3.05, 3.63) is 39.8 Å². The fraction of sp³-hybridized carbons (Fsp3) is 0.312. The molecule has 1 aromatic rings. The molecule has 23 heavy (non-hydrogen) atoms. The Morgan fingerprint density at radius 3 is 2.61 bits per heavy atom. The Labute approximate surface area is 149 Å². The SMILES string of the molecule is O=C([O-])CCCCCN1C(=O)C(=Cc2ccc(Cl)cc2)SC1=S. The first kappa shape index (κ1) is 18.0. The summed E-state index contributed by atoms with van der Waals surface area (Å²) in [5.74, 6) is -1.14. The molecular formula is C16H15ClNO3S2-. The van der Waals surface area contributed by atoms with Crippen molar-refractivity contribution in [3.8, 4) is 0 Å². The van der Waals surface area contributed by atoms with E-state index in [1.54, 1.807) is 23.1 Å². The number of carbonyl (C=O) groups is 2. The number of rotatable bonds is 7. The fourth-order valence-electron chi connectivity index (χ4n) is 2.12. The molecule has 2 rings (SSSR count). The summed E-state index contributed by atoms with van der Waals surface area (Å²) in [6.07, 6.45) is 3.84. The topological polar surface area (TPSA) is 60.4 Å². The number of carboxylic acid groups (broad SMARTS) is 1. The van der Waals surface area contributed by atoms with Crippen molar-refractivity contribution in [2.24, 2.45) is 0 Å². The third-order valence-corrected chi connectivity index (χ3v) is 4.93. The minimum absolute atomic E-state index is 0.0505. The van der Waals surface area contributed by atoms with Gasteiger partial charge >= 0.3 is 0 Å². The van der Waals surface area contributed by atoms with E-state index in [0.29, 0.717) is 33.6 Å². The van der Waals surface area contributed by atoms with E-state index in [1.165, 1.54) is 11.8 Å². The van der Waals surface area contributed by atoms with Crippen LogP contribution in [0.1, 0.15) is 31.2 Å². The average Bonchev–Trinajstić information content (AvgIpc) is 2.76. The molecule has 122 valence electrons. The van der Waals surface area contributed by atoms with Gasteiger partial charge in [-0.05, 0) is 43.0 Å². The lowest BCUT2D eigenvalue weighted by atomic mass is 10.2. The molecule has 0 aromatic heterocycles.